The smallest absolute Gasteiger partial charge is 0.408 e. The number of ether oxygens (including phenoxy) is 2. The first-order valence-corrected chi connectivity index (χ1v) is 13.9. The Hall–Kier alpha value is -2.24. The summed E-state index contributed by atoms with van der Waals surface area (Å²) < 4.78 is 11.5. The average Bonchev–Trinajstić information content (AvgIpc) is 3.17. The Morgan fingerprint density at radius 2 is 1.69 bits per heavy atom. The highest BCUT2D eigenvalue weighted by Gasteiger charge is 2.62. The molecule has 5 rings (SSSR count). The van der Waals surface area contributed by atoms with Crippen molar-refractivity contribution < 1.29 is 19.1 Å². The number of benzene rings is 1. The number of likely N-dealkylation sites (tertiary alicyclic amines) is 1. The van der Waals surface area contributed by atoms with Gasteiger partial charge in [0.15, 0.2) is 0 Å². The molecular weight excluding hydrogens is 452 g/mol. The quantitative estimate of drug-likeness (QED) is 0.564. The SMILES string of the molecule is COc1ccc(C(C)(C)NC(=O)O[C@H]2CC[C@H]3[C@@H]4CC[C@H]5N(C)C(=O)CC[C@]5(C)[C@H]4CC[C@]23C)cc1. The number of fused-ring (bicyclic) bond motifs is 5. The highest BCUT2D eigenvalue weighted by molar-refractivity contribution is 5.77. The molecule has 4 aliphatic rings. The number of amides is 2. The van der Waals surface area contributed by atoms with Crippen molar-refractivity contribution in [2.24, 2.45) is 28.6 Å². The molecule has 1 N–H and O–H groups in total. The molecule has 0 spiro atoms. The Morgan fingerprint density at radius 3 is 2.39 bits per heavy atom. The molecule has 0 bridgehead atoms. The third-order valence-corrected chi connectivity index (χ3v) is 10.9. The van der Waals surface area contributed by atoms with Crippen LogP contribution in [0.2, 0.25) is 0 Å². The molecule has 0 aromatic heterocycles. The fraction of sp³-hybridized carbons (Fsp3) is 0.733. The van der Waals surface area contributed by atoms with Crippen molar-refractivity contribution in [2.45, 2.75) is 96.7 Å². The standard InChI is InChI=1S/C30H44N2O4/c1-28(2,19-7-9-20(35-6)10-8-19)31-27(34)36-25-14-12-22-21-11-13-24-29(3,18-16-26(33)32(24)5)23(21)15-17-30(22,25)4/h7-10,21-25H,11-18H2,1-6H3,(H,31,34)/t21-,22-,23-,24+,25-,29+,30-/m0/s1. The number of nitrogens with zero attached hydrogens (tertiary/aromatic N) is 1. The van der Waals surface area contributed by atoms with Gasteiger partial charge in [-0.1, -0.05) is 26.0 Å². The summed E-state index contributed by atoms with van der Waals surface area (Å²) in [4.78, 5) is 27.6. The molecule has 6 heteroatoms. The third kappa shape index (κ3) is 3.99. The summed E-state index contributed by atoms with van der Waals surface area (Å²) >= 11 is 0. The molecule has 1 saturated heterocycles. The molecule has 0 unspecified atom stereocenters. The van der Waals surface area contributed by atoms with E-state index < -0.39 is 5.54 Å². The van der Waals surface area contributed by atoms with Crippen LogP contribution in [0.1, 0.15) is 84.6 Å². The topological polar surface area (TPSA) is 67.9 Å². The van der Waals surface area contributed by atoms with Crippen LogP contribution < -0.4 is 10.1 Å². The second-order valence-electron chi connectivity index (χ2n) is 13.0. The molecule has 1 aromatic carbocycles. The summed E-state index contributed by atoms with van der Waals surface area (Å²) in [6.07, 6.45) is 7.97. The second kappa shape index (κ2) is 8.95. The van der Waals surface area contributed by atoms with Gasteiger partial charge in [0.2, 0.25) is 5.91 Å². The van der Waals surface area contributed by atoms with Crippen molar-refractivity contribution >= 4 is 12.0 Å². The summed E-state index contributed by atoms with van der Waals surface area (Å²) in [5.41, 5.74) is 0.711. The zero-order valence-electron chi connectivity index (χ0n) is 22.9. The van der Waals surface area contributed by atoms with E-state index in [-0.39, 0.29) is 23.0 Å². The van der Waals surface area contributed by atoms with Gasteiger partial charge in [-0.2, -0.15) is 0 Å². The van der Waals surface area contributed by atoms with Crippen molar-refractivity contribution in [2.75, 3.05) is 14.2 Å². The van der Waals surface area contributed by atoms with Crippen LogP contribution in [0.15, 0.2) is 24.3 Å². The van der Waals surface area contributed by atoms with Gasteiger partial charge in [0.05, 0.1) is 12.6 Å². The van der Waals surface area contributed by atoms with Gasteiger partial charge in [-0.15, -0.1) is 0 Å². The van der Waals surface area contributed by atoms with E-state index in [1.54, 1.807) is 7.11 Å². The van der Waals surface area contributed by atoms with Crippen molar-refractivity contribution in [1.82, 2.24) is 10.2 Å². The van der Waals surface area contributed by atoms with E-state index in [2.05, 4.69) is 24.1 Å². The zero-order chi connectivity index (χ0) is 25.9. The van der Waals surface area contributed by atoms with Crippen molar-refractivity contribution in [3.63, 3.8) is 0 Å². The van der Waals surface area contributed by atoms with Crippen LogP contribution in [-0.2, 0) is 15.1 Å². The van der Waals surface area contributed by atoms with E-state index in [0.29, 0.717) is 36.1 Å². The van der Waals surface area contributed by atoms with Gasteiger partial charge in [-0.05, 0) is 99.7 Å². The van der Waals surface area contributed by atoms with Crippen molar-refractivity contribution in [1.29, 1.82) is 0 Å². The van der Waals surface area contributed by atoms with E-state index in [1.165, 1.54) is 12.8 Å². The summed E-state index contributed by atoms with van der Waals surface area (Å²) in [7, 11) is 3.67. The van der Waals surface area contributed by atoms with Crippen LogP contribution in [0.4, 0.5) is 4.79 Å². The Morgan fingerprint density at radius 1 is 1.00 bits per heavy atom. The van der Waals surface area contributed by atoms with E-state index in [4.69, 9.17) is 9.47 Å². The molecule has 1 heterocycles. The first-order chi connectivity index (χ1) is 17.0. The second-order valence-corrected chi connectivity index (χ2v) is 13.0. The van der Waals surface area contributed by atoms with Gasteiger partial charge in [0, 0.05) is 24.9 Å². The Bertz CT molecular complexity index is 1010. The summed E-state index contributed by atoms with van der Waals surface area (Å²) in [5, 5.41) is 3.12. The van der Waals surface area contributed by atoms with Gasteiger partial charge in [-0.25, -0.2) is 4.79 Å². The van der Waals surface area contributed by atoms with Crippen LogP contribution in [-0.4, -0.2) is 43.2 Å². The van der Waals surface area contributed by atoms with E-state index >= 15 is 0 Å². The first-order valence-electron chi connectivity index (χ1n) is 13.9. The molecule has 198 valence electrons. The fourth-order valence-electron chi connectivity index (χ4n) is 8.79. The minimum absolute atomic E-state index is 0.0301. The van der Waals surface area contributed by atoms with Crippen LogP contribution in [0.3, 0.4) is 0 Å². The van der Waals surface area contributed by atoms with E-state index in [1.807, 2.05) is 45.2 Å². The van der Waals surface area contributed by atoms with Gasteiger partial charge >= 0.3 is 6.09 Å². The molecule has 4 fully saturated rings. The number of rotatable bonds is 4. The Labute approximate surface area is 216 Å². The molecule has 6 nitrogen and oxygen atoms in total. The number of alkyl carbamates (subject to hydrolysis) is 1. The number of carbonyl (C=O) groups is 2. The predicted molar refractivity (Wildman–Crippen MR) is 140 cm³/mol. The van der Waals surface area contributed by atoms with E-state index in [0.717, 1.165) is 43.4 Å². The highest BCUT2D eigenvalue weighted by atomic mass is 16.6. The maximum atomic E-state index is 13.1. The van der Waals surface area contributed by atoms with Crippen LogP contribution in [0.5, 0.6) is 5.75 Å². The maximum absolute atomic E-state index is 13.1. The molecule has 7 atom stereocenters. The molecule has 0 radical (unpaired) electrons. The molecule has 2 amide bonds. The number of nitrogens with one attached hydrogen (secondary N) is 1. The molecule has 3 aliphatic carbocycles. The summed E-state index contributed by atoms with van der Waals surface area (Å²) in [6.45, 7) is 8.84. The minimum atomic E-state index is -0.544. The predicted octanol–water partition coefficient (Wildman–Crippen LogP) is 5.89. The number of piperidine rings is 1. The summed E-state index contributed by atoms with van der Waals surface area (Å²) in [6, 6.07) is 8.19. The summed E-state index contributed by atoms with van der Waals surface area (Å²) in [5.74, 6) is 3.02. The number of hydrogen-bond donors (Lipinski definition) is 1. The van der Waals surface area contributed by atoms with Gasteiger partial charge in [0.1, 0.15) is 11.9 Å². The largest absolute Gasteiger partial charge is 0.497 e. The lowest BCUT2D eigenvalue weighted by Crippen LogP contribution is -2.61. The highest BCUT2D eigenvalue weighted by Crippen LogP contribution is 2.65. The Kier molecular flexibility index (Phi) is 6.32. The van der Waals surface area contributed by atoms with Crippen molar-refractivity contribution in [3.05, 3.63) is 29.8 Å². The lowest BCUT2D eigenvalue weighted by Gasteiger charge is -2.61. The molecule has 1 aromatic rings. The van der Waals surface area contributed by atoms with Gasteiger partial charge in [0.25, 0.3) is 0 Å². The molecular formula is C30H44N2O4. The Balaban J connectivity index is 1.26. The van der Waals surface area contributed by atoms with Gasteiger partial charge < -0.3 is 19.7 Å². The molecule has 36 heavy (non-hydrogen) atoms. The minimum Gasteiger partial charge on any atom is -0.497 e. The normalized spacial score (nSPS) is 38.0. The monoisotopic (exact) mass is 496 g/mol. The molecule has 1 aliphatic heterocycles. The molecule has 3 saturated carbocycles. The van der Waals surface area contributed by atoms with Crippen LogP contribution in [0.25, 0.3) is 0 Å². The maximum Gasteiger partial charge on any atom is 0.408 e. The fourth-order valence-corrected chi connectivity index (χ4v) is 8.79. The zero-order valence-corrected chi connectivity index (χ0v) is 22.9. The number of hydrogen-bond acceptors (Lipinski definition) is 4. The first kappa shape index (κ1) is 25.4. The number of carbonyl (C=O) groups excluding carboxylic acids is 2. The van der Waals surface area contributed by atoms with Gasteiger partial charge in [-0.3, -0.25) is 4.79 Å². The van der Waals surface area contributed by atoms with Crippen LogP contribution >= 0.6 is 0 Å². The van der Waals surface area contributed by atoms with E-state index in [9.17, 15) is 9.59 Å². The lowest BCUT2D eigenvalue weighted by atomic mass is 9.47. The lowest BCUT2D eigenvalue weighted by molar-refractivity contribution is -0.159. The number of methoxy groups -OCH3 is 1. The third-order valence-electron chi connectivity index (χ3n) is 10.9. The average molecular weight is 497 g/mol. The van der Waals surface area contributed by atoms with Crippen LogP contribution in [0, 0.1) is 28.6 Å². The van der Waals surface area contributed by atoms with Crippen molar-refractivity contribution in [3.8, 4) is 5.75 Å².